The lowest BCUT2D eigenvalue weighted by molar-refractivity contribution is -0.132. The summed E-state index contributed by atoms with van der Waals surface area (Å²) < 4.78 is 10.5. The number of hydrogen-bond donors (Lipinski definition) is 1. The summed E-state index contributed by atoms with van der Waals surface area (Å²) in [5.74, 6) is -0.986. The first-order valence-electron chi connectivity index (χ1n) is 10.3. The molecule has 174 valence electrons. The van der Waals surface area contributed by atoms with E-state index in [9.17, 15) is 14.7 Å². The molecule has 3 aromatic rings. The largest absolute Gasteiger partial charge is 0.507 e. The maximum Gasteiger partial charge on any atom is 0.300 e. The zero-order valence-electron chi connectivity index (χ0n) is 18.6. The van der Waals surface area contributed by atoms with Crippen molar-refractivity contribution in [2.75, 3.05) is 19.1 Å². The number of halogens is 2. The number of methoxy groups -OCH3 is 2. The molecule has 1 atom stereocenters. The number of ketones is 1. The monoisotopic (exact) mass is 497 g/mol. The molecule has 1 N–H and O–H groups in total. The third-order valence-electron chi connectivity index (χ3n) is 5.74. The first-order valence-corrected chi connectivity index (χ1v) is 11.1. The van der Waals surface area contributed by atoms with Crippen LogP contribution in [0.25, 0.3) is 5.76 Å². The van der Waals surface area contributed by atoms with E-state index in [1.54, 1.807) is 61.7 Å². The number of carbonyl (C=O) groups excluding carboxylic acids is 2. The van der Waals surface area contributed by atoms with E-state index in [4.69, 9.17) is 32.7 Å². The number of Topliss-reactive ketones (excluding diaryl/α,β-unsaturated/α-hetero) is 1. The van der Waals surface area contributed by atoms with Crippen LogP contribution in [-0.4, -0.2) is 31.0 Å². The van der Waals surface area contributed by atoms with Crippen molar-refractivity contribution in [3.8, 4) is 11.5 Å². The second kappa shape index (κ2) is 9.41. The van der Waals surface area contributed by atoms with Crippen molar-refractivity contribution < 1.29 is 24.2 Å². The molecule has 3 aromatic carbocycles. The maximum atomic E-state index is 13.3. The van der Waals surface area contributed by atoms with Gasteiger partial charge in [0.25, 0.3) is 11.7 Å². The Morgan fingerprint density at radius 2 is 1.53 bits per heavy atom. The van der Waals surface area contributed by atoms with Crippen molar-refractivity contribution in [3.05, 3.63) is 93.0 Å². The highest BCUT2D eigenvalue weighted by Crippen LogP contribution is 2.44. The molecule has 1 fully saturated rings. The van der Waals surface area contributed by atoms with Gasteiger partial charge in [-0.3, -0.25) is 14.5 Å². The molecule has 0 radical (unpaired) electrons. The molecule has 1 amide bonds. The minimum absolute atomic E-state index is 0.0954. The molecule has 0 saturated carbocycles. The Morgan fingerprint density at radius 1 is 0.882 bits per heavy atom. The minimum Gasteiger partial charge on any atom is -0.507 e. The second-order valence-electron chi connectivity index (χ2n) is 7.72. The SMILES string of the molecule is COc1ccc(C2/C(=C(\O)c3cc(OC)ccc3Cl)C(=O)C(=O)N2c2ccc(C)c(Cl)c2)cc1. The fourth-order valence-electron chi connectivity index (χ4n) is 3.89. The zero-order chi connectivity index (χ0) is 24.6. The number of aryl methyl sites for hydroxylation is 1. The van der Waals surface area contributed by atoms with E-state index >= 15 is 0 Å². The quantitative estimate of drug-likeness (QED) is 0.268. The van der Waals surface area contributed by atoms with Gasteiger partial charge in [0.1, 0.15) is 17.3 Å². The summed E-state index contributed by atoms with van der Waals surface area (Å²) in [5, 5.41) is 11.9. The van der Waals surface area contributed by atoms with Gasteiger partial charge in [-0.15, -0.1) is 0 Å². The van der Waals surface area contributed by atoms with Crippen molar-refractivity contribution in [2.45, 2.75) is 13.0 Å². The van der Waals surface area contributed by atoms with Crippen LogP contribution in [0.4, 0.5) is 5.69 Å². The van der Waals surface area contributed by atoms with Crippen LogP contribution in [0.2, 0.25) is 10.0 Å². The van der Waals surface area contributed by atoms with E-state index < -0.39 is 23.5 Å². The van der Waals surface area contributed by atoms with E-state index in [-0.39, 0.29) is 16.2 Å². The number of nitrogens with zero attached hydrogens (tertiary/aromatic N) is 1. The fourth-order valence-corrected chi connectivity index (χ4v) is 4.27. The zero-order valence-corrected chi connectivity index (χ0v) is 20.1. The minimum atomic E-state index is -0.924. The lowest BCUT2D eigenvalue weighted by Gasteiger charge is -2.26. The smallest absolute Gasteiger partial charge is 0.300 e. The van der Waals surface area contributed by atoms with E-state index in [2.05, 4.69) is 0 Å². The van der Waals surface area contributed by atoms with Crippen LogP contribution in [0, 0.1) is 6.92 Å². The number of ether oxygens (including phenoxy) is 2. The van der Waals surface area contributed by atoms with Crippen molar-refractivity contribution in [3.63, 3.8) is 0 Å². The van der Waals surface area contributed by atoms with Gasteiger partial charge in [0.15, 0.2) is 0 Å². The Bertz CT molecular complexity index is 1320. The molecule has 4 rings (SSSR count). The van der Waals surface area contributed by atoms with E-state index in [0.29, 0.717) is 27.8 Å². The highest BCUT2D eigenvalue weighted by molar-refractivity contribution is 6.52. The van der Waals surface area contributed by atoms with E-state index in [1.807, 2.05) is 6.92 Å². The maximum absolute atomic E-state index is 13.3. The number of benzene rings is 3. The Kier molecular flexibility index (Phi) is 6.55. The summed E-state index contributed by atoms with van der Waals surface area (Å²) >= 11 is 12.7. The molecule has 8 heteroatoms. The van der Waals surface area contributed by atoms with Gasteiger partial charge in [-0.25, -0.2) is 0 Å². The Labute approximate surface area is 206 Å². The molecule has 1 saturated heterocycles. The molecule has 1 unspecified atom stereocenters. The van der Waals surface area contributed by atoms with Crippen LogP contribution in [0.15, 0.2) is 66.2 Å². The lowest BCUT2D eigenvalue weighted by Crippen LogP contribution is -2.29. The van der Waals surface area contributed by atoms with Crippen LogP contribution in [0.5, 0.6) is 11.5 Å². The van der Waals surface area contributed by atoms with Gasteiger partial charge in [-0.1, -0.05) is 41.4 Å². The molecule has 0 spiro atoms. The molecule has 34 heavy (non-hydrogen) atoms. The topological polar surface area (TPSA) is 76.1 Å². The van der Waals surface area contributed by atoms with Crippen molar-refractivity contribution in [2.24, 2.45) is 0 Å². The average Bonchev–Trinajstić information content (AvgIpc) is 3.11. The van der Waals surface area contributed by atoms with Gasteiger partial charge in [0.05, 0.1) is 30.9 Å². The molecule has 1 aliphatic rings. The summed E-state index contributed by atoms with van der Waals surface area (Å²) in [6.07, 6.45) is 0. The van der Waals surface area contributed by atoms with Crippen LogP contribution >= 0.6 is 23.2 Å². The van der Waals surface area contributed by atoms with Gasteiger partial charge in [0, 0.05) is 16.3 Å². The summed E-state index contributed by atoms with van der Waals surface area (Å²) in [4.78, 5) is 27.9. The number of rotatable bonds is 5. The molecule has 6 nitrogen and oxygen atoms in total. The summed E-state index contributed by atoms with van der Waals surface area (Å²) in [7, 11) is 3.02. The summed E-state index contributed by atoms with van der Waals surface area (Å²) in [6, 6.07) is 15.8. The van der Waals surface area contributed by atoms with Crippen molar-refractivity contribution >= 4 is 46.3 Å². The average molecular weight is 498 g/mol. The number of carbonyl (C=O) groups is 2. The highest BCUT2D eigenvalue weighted by Gasteiger charge is 2.47. The van der Waals surface area contributed by atoms with Crippen molar-refractivity contribution in [1.82, 2.24) is 0 Å². The van der Waals surface area contributed by atoms with Gasteiger partial charge in [-0.2, -0.15) is 0 Å². The molecular formula is C26H21Cl2NO5. The third-order valence-corrected chi connectivity index (χ3v) is 6.47. The first kappa shape index (κ1) is 23.7. The summed E-state index contributed by atoms with van der Waals surface area (Å²) in [6.45, 7) is 1.84. The second-order valence-corrected chi connectivity index (χ2v) is 8.54. The molecular weight excluding hydrogens is 477 g/mol. The number of aliphatic hydroxyl groups excluding tert-OH is 1. The highest BCUT2D eigenvalue weighted by atomic mass is 35.5. The number of amides is 1. The first-order chi connectivity index (χ1) is 16.3. The molecule has 0 bridgehead atoms. The fraction of sp³-hybridized carbons (Fsp3) is 0.154. The van der Waals surface area contributed by atoms with E-state index in [1.165, 1.54) is 18.1 Å². The standard InChI is InChI=1S/C26H21Cl2NO5/c1-14-4-7-16(12-21(14)28)29-23(15-5-8-17(33-2)9-6-15)22(25(31)26(29)32)24(30)19-13-18(34-3)10-11-20(19)27/h4-13,23,30H,1-3H3/b24-22+. The number of aliphatic hydroxyl groups is 1. The Morgan fingerprint density at radius 3 is 2.15 bits per heavy atom. The Hall–Kier alpha value is -3.48. The van der Waals surface area contributed by atoms with Crippen LogP contribution in [0.1, 0.15) is 22.7 Å². The van der Waals surface area contributed by atoms with E-state index in [0.717, 1.165) is 5.56 Å². The normalized spacial score (nSPS) is 17.2. The van der Waals surface area contributed by atoms with Crippen LogP contribution in [0.3, 0.4) is 0 Å². The summed E-state index contributed by atoms with van der Waals surface area (Å²) in [5.41, 5.74) is 1.93. The number of anilines is 1. The van der Waals surface area contributed by atoms with Gasteiger partial charge in [0.2, 0.25) is 0 Å². The molecule has 0 aromatic heterocycles. The lowest BCUT2D eigenvalue weighted by atomic mass is 9.95. The predicted molar refractivity (Wildman–Crippen MR) is 132 cm³/mol. The molecule has 1 aliphatic heterocycles. The van der Waals surface area contributed by atoms with Gasteiger partial charge < -0.3 is 14.6 Å². The van der Waals surface area contributed by atoms with Crippen LogP contribution in [-0.2, 0) is 9.59 Å². The van der Waals surface area contributed by atoms with Gasteiger partial charge in [-0.05, 0) is 60.5 Å². The molecule has 0 aliphatic carbocycles. The van der Waals surface area contributed by atoms with Crippen molar-refractivity contribution in [1.29, 1.82) is 0 Å². The van der Waals surface area contributed by atoms with Gasteiger partial charge >= 0.3 is 0 Å². The Balaban J connectivity index is 1.97. The van der Waals surface area contributed by atoms with Crippen LogP contribution < -0.4 is 14.4 Å². The number of hydrogen-bond acceptors (Lipinski definition) is 5. The predicted octanol–water partition coefficient (Wildman–Crippen LogP) is 5.95. The molecule has 1 heterocycles. The third kappa shape index (κ3) is 4.11.